The number of carbonyl (C=O) groups is 1. The van der Waals surface area contributed by atoms with E-state index in [-0.39, 0.29) is 50.2 Å². The molecule has 2 fully saturated rings. The second-order valence-electron chi connectivity index (χ2n) is 14.8. The SMILES string of the molecule is O=C(Cn1nc(C(F)F)c2c1C(F)(F)[C@@H]1C[C@H]21)NC(Cc1cc(F)cc(F)c1)c1nc2ncccc2c(=O)n1-c1ccc(Cl)c2c(NS(=O)(=O)C3CC3)nn(CC(F)F)c12. The quantitative estimate of drug-likeness (QED) is 0.122. The largest absolute Gasteiger partial charge is 0.344 e. The molecular weight excluding hydrogens is 854 g/mol. The minimum atomic E-state index is -4.06. The second-order valence-corrected chi connectivity index (χ2v) is 17.2. The molecule has 0 radical (unpaired) electrons. The highest BCUT2D eigenvalue weighted by molar-refractivity contribution is 7.93. The lowest BCUT2D eigenvalue weighted by molar-refractivity contribution is -0.123. The van der Waals surface area contributed by atoms with Crippen LogP contribution in [0.5, 0.6) is 0 Å². The molecule has 3 atom stereocenters. The first-order valence-electron chi connectivity index (χ1n) is 18.3. The van der Waals surface area contributed by atoms with Crippen LogP contribution in [-0.4, -0.2) is 60.1 Å². The summed E-state index contributed by atoms with van der Waals surface area (Å²) in [5.41, 5.74) is -3.89. The zero-order valence-corrected chi connectivity index (χ0v) is 32.0. The highest BCUT2D eigenvalue weighted by Gasteiger charge is 2.67. The molecule has 2 N–H and O–H groups in total. The van der Waals surface area contributed by atoms with Gasteiger partial charge in [-0.15, -0.1) is 0 Å². The minimum Gasteiger partial charge on any atom is -0.344 e. The minimum absolute atomic E-state index is 0.0366. The summed E-state index contributed by atoms with van der Waals surface area (Å²) in [4.78, 5) is 37.3. The van der Waals surface area contributed by atoms with Crippen LogP contribution >= 0.6 is 11.6 Å². The molecule has 4 heterocycles. The van der Waals surface area contributed by atoms with E-state index in [1.165, 1.54) is 30.5 Å². The number of hydrogen-bond acceptors (Lipinski definition) is 8. The number of nitrogens with zero attached hydrogens (tertiary/aromatic N) is 7. The van der Waals surface area contributed by atoms with E-state index in [0.717, 1.165) is 21.4 Å². The highest BCUT2D eigenvalue weighted by atomic mass is 35.5. The van der Waals surface area contributed by atoms with Gasteiger partial charge in [0.1, 0.15) is 41.9 Å². The predicted octanol–water partition coefficient (Wildman–Crippen LogP) is 6.67. The number of amides is 1. The maximum atomic E-state index is 15.4. The Morgan fingerprint density at radius 2 is 1.75 bits per heavy atom. The molecular formula is C37H28ClF8N9O4S. The highest BCUT2D eigenvalue weighted by Crippen LogP contribution is 2.68. The van der Waals surface area contributed by atoms with Gasteiger partial charge in [-0.3, -0.25) is 28.2 Å². The molecule has 0 spiro atoms. The first kappa shape index (κ1) is 39.8. The van der Waals surface area contributed by atoms with E-state index in [9.17, 15) is 44.3 Å². The lowest BCUT2D eigenvalue weighted by atomic mass is 10.0. The Balaban J connectivity index is 1.23. The molecule has 314 valence electrons. The van der Waals surface area contributed by atoms with Gasteiger partial charge in [-0.25, -0.2) is 44.7 Å². The fourth-order valence-electron chi connectivity index (χ4n) is 8.00. The van der Waals surface area contributed by atoms with E-state index in [0.29, 0.717) is 23.6 Å². The topological polar surface area (TPSA) is 159 Å². The van der Waals surface area contributed by atoms with E-state index in [2.05, 4.69) is 30.2 Å². The number of halogens is 9. The van der Waals surface area contributed by atoms with Crippen molar-refractivity contribution in [3.63, 3.8) is 0 Å². The van der Waals surface area contributed by atoms with Crippen LogP contribution in [0.3, 0.4) is 0 Å². The van der Waals surface area contributed by atoms with Crippen molar-refractivity contribution in [2.75, 3.05) is 4.72 Å². The smallest absolute Gasteiger partial charge is 0.293 e. The Morgan fingerprint density at radius 3 is 2.43 bits per heavy atom. The molecule has 13 nitrogen and oxygen atoms in total. The third-order valence-electron chi connectivity index (χ3n) is 10.7. The number of aromatic nitrogens is 7. The maximum Gasteiger partial charge on any atom is 0.293 e. The van der Waals surface area contributed by atoms with Gasteiger partial charge in [0.15, 0.2) is 11.5 Å². The predicted molar refractivity (Wildman–Crippen MR) is 198 cm³/mol. The second kappa shape index (κ2) is 14.2. The van der Waals surface area contributed by atoms with Crippen molar-refractivity contribution >= 4 is 55.3 Å². The third-order valence-corrected chi connectivity index (χ3v) is 12.9. The van der Waals surface area contributed by atoms with Gasteiger partial charge in [0.25, 0.3) is 24.3 Å². The van der Waals surface area contributed by atoms with E-state index < -0.39 is 118 Å². The third kappa shape index (κ3) is 6.82. The number of nitrogens with one attached hydrogen (secondary N) is 2. The van der Waals surface area contributed by atoms with Crippen molar-refractivity contribution in [3.8, 4) is 5.69 Å². The van der Waals surface area contributed by atoms with Gasteiger partial charge in [0, 0.05) is 30.2 Å². The van der Waals surface area contributed by atoms with Gasteiger partial charge in [0.2, 0.25) is 15.9 Å². The molecule has 9 rings (SSSR count). The lowest BCUT2D eigenvalue weighted by Gasteiger charge is -2.24. The number of benzene rings is 2. The zero-order chi connectivity index (χ0) is 42.6. The van der Waals surface area contributed by atoms with Crippen molar-refractivity contribution < 1.29 is 48.3 Å². The Bertz CT molecular complexity index is 2920. The molecule has 2 saturated carbocycles. The summed E-state index contributed by atoms with van der Waals surface area (Å²) in [5.74, 6) is -9.78. The molecule has 3 aliphatic rings. The number of carbonyl (C=O) groups excluding carboxylic acids is 1. The van der Waals surface area contributed by atoms with Crippen molar-refractivity contribution in [1.29, 1.82) is 0 Å². The van der Waals surface area contributed by atoms with E-state index in [1.807, 2.05) is 0 Å². The van der Waals surface area contributed by atoms with Gasteiger partial charge in [-0.05, 0) is 67.1 Å². The summed E-state index contributed by atoms with van der Waals surface area (Å²) in [6.45, 7) is -2.18. The summed E-state index contributed by atoms with van der Waals surface area (Å²) < 4.78 is 147. The average molecular weight is 882 g/mol. The Morgan fingerprint density at radius 1 is 1.02 bits per heavy atom. The normalized spacial score (nSPS) is 18.6. The van der Waals surface area contributed by atoms with Gasteiger partial charge in [-0.2, -0.15) is 19.0 Å². The number of hydrogen-bond donors (Lipinski definition) is 2. The number of pyridine rings is 1. The van der Waals surface area contributed by atoms with Crippen LogP contribution in [0.15, 0.2) is 53.5 Å². The van der Waals surface area contributed by atoms with Crippen LogP contribution in [0.25, 0.3) is 27.6 Å². The first-order valence-corrected chi connectivity index (χ1v) is 20.2. The van der Waals surface area contributed by atoms with Gasteiger partial charge in [-0.1, -0.05) is 11.6 Å². The molecule has 0 aliphatic heterocycles. The Kier molecular flexibility index (Phi) is 9.45. The van der Waals surface area contributed by atoms with Gasteiger partial charge < -0.3 is 5.32 Å². The maximum absolute atomic E-state index is 15.4. The van der Waals surface area contributed by atoms with E-state index in [4.69, 9.17) is 11.6 Å². The van der Waals surface area contributed by atoms with Gasteiger partial charge >= 0.3 is 0 Å². The number of rotatable bonds is 13. The van der Waals surface area contributed by atoms with Crippen LogP contribution in [0.1, 0.15) is 66.0 Å². The molecule has 23 heteroatoms. The number of anilines is 1. The van der Waals surface area contributed by atoms with E-state index in [1.54, 1.807) is 0 Å². The summed E-state index contributed by atoms with van der Waals surface area (Å²) in [7, 11) is -4.06. The Hall–Kier alpha value is -5.64. The van der Waals surface area contributed by atoms with Crippen molar-refractivity contribution in [2.24, 2.45) is 5.92 Å². The molecule has 3 aliphatic carbocycles. The molecule has 60 heavy (non-hydrogen) atoms. The first-order chi connectivity index (χ1) is 28.4. The number of sulfonamides is 1. The fraction of sp³-hybridized carbons (Fsp3) is 0.351. The standard InChI is InChI=1S/C37H28ClF8N9O4S/c38-22-5-6-24(30-28(22)34(51-53(30)13-25(41)42)52-60(58,59)18-3-4-18)55-35(49-33-19(36(55)57)2-1-7-47-33)23(10-15-8-16(39)11-17(40)9-15)48-26(56)14-54-31-27(29(50-54)32(43)44)20-12-21(20)37(31,45)46/h1-2,5-9,11,18,20-21,23,25,32H,3-4,10,12-14H2,(H,48,56)(H,51,52)/t20-,21+,23?/m0/s1. The molecule has 4 aromatic heterocycles. The zero-order valence-electron chi connectivity index (χ0n) is 30.4. The van der Waals surface area contributed by atoms with Crippen molar-refractivity contribution in [1.82, 2.24) is 39.4 Å². The summed E-state index contributed by atoms with van der Waals surface area (Å²) in [6.07, 6.45) is -4.97. The molecule has 6 aromatic rings. The van der Waals surface area contributed by atoms with Crippen LogP contribution in [0, 0.1) is 17.6 Å². The summed E-state index contributed by atoms with van der Waals surface area (Å²) >= 11 is 6.58. The van der Waals surface area contributed by atoms with E-state index >= 15 is 8.78 Å². The number of fused-ring (bicyclic) bond motifs is 5. The molecule has 0 bridgehead atoms. The van der Waals surface area contributed by atoms with Crippen LogP contribution in [0.2, 0.25) is 5.02 Å². The van der Waals surface area contributed by atoms with Crippen molar-refractivity contribution in [2.45, 2.75) is 74.8 Å². The lowest BCUT2D eigenvalue weighted by Crippen LogP contribution is -2.38. The molecule has 0 saturated heterocycles. The Labute approximate surface area is 337 Å². The number of alkyl halides is 6. The van der Waals surface area contributed by atoms with Crippen LogP contribution in [0.4, 0.5) is 40.9 Å². The average Bonchev–Trinajstić information content (AvgIpc) is 4.09. The molecule has 1 amide bonds. The monoisotopic (exact) mass is 881 g/mol. The van der Waals surface area contributed by atoms with Crippen molar-refractivity contribution in [3.05, 3.63) is 104 Å². The van der Waals surface area contributed by atoms with Crippen LogP contribution in [-0.2, 0) is 40.3 Å². The molecule has 2 aromatic carbocycles. The van der Waals surface area contributed by atoms with Crippen LogP contribution < -0.4 is 15.6 Å². The van der Waals surface area contributed by atoms with Gasteiger partial charge in [0.05, 0.1) is 38.3 Å². The summed E-state index contributed by atoms with van der Waals surface area (Å²) in [5, 5.41) is 9.04. The molecule has 1 unspecified atom stereocenters. The fourth-order valence-corrected chi connectivity index (χ4v) is 9.58. The summed E-state index contributed by atoms with van der Waals surface area (Å²) in [6, 6.07) is 5.90.